The summed E-state index contributed by atoms with van der Waals surface area (Å²) in [7, 11) is 0. The summed E-state index contributed by atoms with van der Waals surface area (Å²) in [5, 5.41) is 0. The van der Waals surface area contributed by atoms with Gasteiger partial charge in [-0.3, -0.25) is 0 Å². The lowest BCUT2D eigenvalue weighted by Crippen LogP contribution is -2.30. The first-order valence-corrected chi connectivity index (χ1v) is 12.8. The Morgan fingerprint density at radius 1 is 0.917 bits per heavy atom. The molecule has 0 saturated heterocycles. The average molecular weight is 499 g/mol. The van der Waals surface area contributed by atoms with Gasteiger partial charge in [-0.05, 0) is 106 Å². The summed E-state index contributed by atoms with van der Waals surface area (Å²) in [6.07, 6.45) is 14.4. The number of ether oxygens (including phenoxy) is 2. The third-order valence-corrected chi connectivity index (χ3v) is 7.58. The van der Waals surface area contributed by atoms with Crippen LogP contribution in [0.3, 0.4) is 0 Å². The molecule has 0 aromatic heterocycles. The van der Waals surface area contributed by atoms with Gasteiger partial charge in [0.1, 0.15) is 12.4 Å². The van der Waals surface area contributed by atoms with Crippen LogP contribution in [-0.2, 0) is 0 Å². The van der Waals surface area contributed by atoms with E-state index in [0.717, 1.165) is 31.4 Å². The van der Waals surface area contributed by atoms with Gasteiger partial charge in [-0.15, -0.1) is 0 Å². The minimum atomic E-state index is -1.33. The Morgan fingerprint density at radius 2 is 1.64 bits per heavy atom. The molecule has 0 aliphatic heterocycles. The third-order valence-electron chi connectivity index (χ3n) is 7.58. The SMILES string of the molecule is C/C=C/COc1ccc(OC(=O)c2ccc(C3CCC4CC(/C=C/C)CCC4C3)c(F)c2)c(F)c1F. The lowest BCUT2D eigenvalue weighted by molar-refractivity contribution is 0.0725. The number of esters is 1. The van der Waals surface area contributed by atoms with Crippen molar-refractivity contribution < 1.29 is 27.4 Å². The fourth-order valence-corrected chi connectivity index (χ4v) is 5.74. The average Bonchev–Trinajstić information content (AvgIpc) is 2.88. The second-order valence-electron chi connectivity index (χ2n) is 9.82. The number of fused-ring (bicyclic) bond motifs is 1. The number of hydrogen-bond acceptors (Lipinski definition) is 3. The fraction of sp³-hybridized carbons (Fsp3) is 0.433. The molecule has 4 unspecified atom stereocenters. The van der Waals surface area contributed by atoms with Crippen LogP contribution in [0, 0.1) is 35.2 Å². The van der Waals surface area contributed by atoms with E-state index in [9.17, 15) is 13.6 Å². The van der Waals surface area contributed by atoms with E-state index in [4.69, 9.17) is 9.47 Å². The van der Waals surface area contributed by atoms with Crippen LogP contribution >= 0.6 is 0 Å². The van der Waals surface area contributed by atoms with Crippen LogP contribution in [0.5, 0.6) is 11.5 Å². The van der Waals surface area contributed by atoms with Gasteiger partial charge in [0.2, 0.25) is 11.6 Å². The largest absolute Gasteiger partial charge is 0.486 e. The number of carbonyl (C=O) groups is 1. The summed E-state index contributed by atoms with van der Waals surface area (Å²) in [6, 6.07) is 6.58. The summed E-state index contributed by atoms with van der Waals surface area (Å²) in [4.78, 5) is 12.6. The van der Waals surface area contributed by atoms with Gasteiger partial charge in [-0.2, -0.15) is 8.78 Å². The molecule has 0 spiro atoms. The highest BCUT2D eigenvalue weighted by Gasteiger charge is 2.36. The molecule has 192 valence electrons. The van der Waals surface area contributed by atoms with Crippen LogP contribution in [0.1, 0.15) is 74.2 Å². The molecular formula is C30H33F3O3. The molecule has 4 atom stereocenters. The van der Waals surface area contributed by atoms with Crippen LogP contribution in [0.25, 0.3) is 0 Å². The molecule has 0 amide bonds. The highest BCUT2D eigenvalue weighted by molar-refractivity contribution is 5.91. The molecule has 2 saturated carbocycles. The predicted octanol–water partition coefficient (Wildman–Crippen LogP) is 8.15. The quantitative estimate of drug-likeness (QED) is 0.219. The van der Waals surface area contributed by atoms with Crippen molar-refractivity contribution in [1.82, 2.24) is 0 Å². The number of allylic oxidation sites excluding steroid dienone is 3. The van der Waals surface area contributed by atoms with Crippen LogP contribution < -0.4 is 9.47 Å². The molecule has 36 heavy (non-hydrogen) atoms. The van der Waals surface area contributed by atoms with Crippen molar-refractivity contribution in [2.45, 2.75) is 58.3 Å². The number of halogens is 3. The Hall–Kier alpha value is -3.02. The second-order valence-corrected chi connectivity index (χ2v) is 9.82. The van der Waals surface area contributed by atoms with E-state index in [1.54, 1.807) is 25.1 Å². The number of hydrogen-bond donors (Lipinski definition) is 0. The van der Waals surface area contributed by atoms with E-state index in [1.807, 2.05) is 0 Å². The Kier molecular flexibility index (Phi) is 8.55. The Labute approximate surface area is 211 Å². The first-order chi connectivity index (χ1) is 17.4. The van der Waals surface area contributed by atoms with E-state index in [0.29, 0.717) is 23.3 Å². The first kappa shape index (κ1) is 26.1. The molecular weight excluding hydrogens is 465 g/mol. The summed E-state index contributed by atoms with van der Waals surface area (Å²) >= 11 is 0. The van der Waals surface area contributed by atoms with Crippen molar-refractivity contribution in [2.24, 2.45) is 17.8 Å². The molecule has 2 fully saturated rings. The molecule has 0 radical (unpaired) electrons. The molecule has 2 aromatic rings. The fourth-order valence-electron chi connectivity index (χ4n) is 5.74. The van der Waals surface area contributed by atoms with Crippen LogP contribution in [0.2, 0.25) is 0 Å². The zero-order valence-corrected chi connectivity index (χ0v) is 20.8. The van der Waals surface area contributed by atoms with Crippen molar-refractivity contribution in [3.63, 3.8) is 0 Å². The predicted molar refractivity (Wildman–Crippen MR) is 134 cm³/mol. The van der Waals surface area contributed by atoms with Gasteiger partial charge in [-0.1, -0.05) is 30.4 Å². The van der Waals surface area contributed by atoms with Gasteiger partial charge in [0.25, 0.3) is 0 Å². The summed E-state index contributed by atoms with van der Waals surface area (Å²) in [5.41, 5.74) is 0.561. The molecule has 4 rings (SSSR count). The lowest BCUT2D eigenvalue weighted by atomic mass is 9.64. The minimum Gasteiger partial charge on any atom is -0.486 e. The molecule has 3 nitrogen and oxygen atoms in total. The maximum Gasteiger partial charge on any atom is 0.343 e. The van der Waals surface area contributed by atoms with Crippen molar-refractivity contribution in [3.8, 4) is 11.5 Å². The van der Waals surface area contributed by atoms with Gasteiger partial charge >= 0.3 is 5.97 Å². The highest BCUT2D eigenvalue weighted by atomic mass is 19.2. The van der Waals surface area contributed by atoms with Crippen molar-refractivity contribution in [2.75, 3.05) is 6.61 Å². The van der Waals surface area contributed by atoms with Gasteiger partial charge in [0, 0.05) is 0 Å². The topological polar surface area (TPSA) is 35.5 Å². The molecule has 0 bridgehead atoms. The lowest BCUT2D eigenvalue weighted by Gasteiger charge is -2.41. The van der Waals surface area contributed by atoms with E-state index in [2.05, 4.69) is 19.1 Å². The standard InChI is InChI=1S/C30H33F3O3/c1-3-5-15-35-26-13-14-27(29(33)28(26)32)36-30(34)23-11-12-24(25(31)18-23)22-10-9-20-16-19(6-4-2)7-8-21(20)17-22/h3-6,11-14,18-22H,7-10,15-17H2,1-2H3/b5-3+,6-4+. The minimum absolute atomic E-state index is 0.0509. The first-order valence-electron chi connectivity index (χ1n) is 12.8. The van der Waals surface area contributed by atoms with E-state index in [1.165, 1.54) is 31.4 Å². The molecule has 0 heterocycles. The Balaban J connectivity index is 1.41. The summed E-state index contributed by atoms with van der Waals surface area (Å²) in [5.74, 6) is -2.77. The van der Waals surface area contributed by atoms with Gasteiger partial charge in [0.05, 0.1) is 5.56 Å². The van der Waals surface area contributed by atoms with Crippen molar-refractivity contribution >= 4 is 5.97 Å². The highest BCUT2D eigenvalue weighted by Crippen LogP contribution is 2.48. The zero-order valence-electron chi connectivity index (χ0n) is 20.8. The summed E-state index contributed by atoms with van der Waals surface area (Å²) in [6.45, 7) is 3.93. The van der Waals surface area contributed by atoms with E-state index >= 15 is 4.39 Å². The number of benzene rings is 2. The van der Waals surface area contributed by atoms with Gasteiger partial charge in [-0.25, -0.2) is 9.18 Å². The van der Waals surface area contributed by atoms with Gasteiger partial charge < -0.3 is 9.47 Å². The van der Waals surface area contributed by atoms with Gasteiger partial charge in [0.15, 0.2) is 11.5 Å². The second kappa shape index (κ2) is 11.8. The van der Waals surface area contributed by atoms with Crippen LogP contribution in [-0.4, -0.2) is 12.6 Å². The van der Waals surface area contributed by atoms with Crippen LogP contribution in [0.4, 0.5) is 13.2 Å². The van der Waals surface area contributed by atoms with Crippen LogP contribution in [0.15, 0.2) is 54.6 Å². The number of carbonyl (C=O) groups excluding carboxylic acids is 1. The molecule has 6 heteroatoms. The Morgan fingerprint density at radius 3 is 2.39 bits per heavy atom. The third kappa shape index (κ3) is 5.85. The smallest absolute Gasteiger partial charge is 0.343 e. The number of rotatable bonds is 7. The molecule has 2 aliphatic rings. The summed E-state index contributed by atoms with van der Waals surface area (Å²) < 4.78 is 53.9. The molecule has 2 aliphatic carbocycles. The Bertz CT molecular complexity index is 1140. The monoisotopic (exact) mass is 498 g/mol. The van der Waals surface area contributed by atoms with Crippen molar-refractivity contribution in [1.29, 1.82) is 0 Å². The maximum atomic E-state index is 15.1. The normalized spacial score (nSPS) is 24.1. The van der Waals surface area contributed by atoms with Crippen molar-refractivity contribution in [3.05, 3.63) is 83.2 Å². The van der Waals surface area contributed by atoms with E-state index < -0.39 is 29.2 Å². The molecule has 0 N–H and O–H groups in total. The van der Waals surface area contributed by atoms with E-state index in [-0.39, 0.29) is 23.8 Å². The maximum absolute atomic E-state index is 15.1. The molecule has 2 aromatic carbocycles. The zero-order chi connectivity index (χ0) is 25.7.